The van der Waals surface area contributed by atoms with Crippen LogP contribution in [0.3, 0.4) is 0 Å². The number of hydrogen-bond donors (Lipinski definition) is 0. The topological polar surface area (TPSA) is 65.9 Å². The van der Waals surface area contributed by atoms with Crippen LogP contribution in [0.15, 0.2) is 42.7 Å². The van der Waals surface area contributed by atoms with Crippen molar-refractivity contribution in [3.8, 4) is 22.8 Å². The number of hydrogen-bond acceptors (Lipinski definition) is 5. The second-order valence-electron chi connectivity index (χ2n) is 13.0. The molecule has 4 heterocycles. The van der Waals surface area contributed by atoms with E-state index in [-0.39, 0.29) is 11.1 Å². The smallest absolute Gasteiger partial charge is 0.415 e. The predicted octanol–water partition coefficient (Wildman–Crippen LogP) is 8.30. The molecule has 8 nitrogen and oxygen atoms in total. The van der Waals surface area contributed by atoms with Crippen molar-refractivity contribution >= 4 is 25.7 Å². The van der Waals surface area contributed by atoms with E-state index in [1.54, 1.807) is 13.1 Å². The van der Waals surface area contributed by atoms with Crippen molar-refractivity contribution in [3.63, 3.8) is 0 Å². The van der Waals surface area contributed by atoms with E-state index in [0.717, 1.165) is 48.5 Å². The van der Waals surface area contributed by atoms with Crippen LogP contribution in [0.25, 0.3) is 22.8 Å². The summed E-state index contributed by atoms with van der Waals surface area (Å²) in [6, 6.07) is 9.60. The van der Waals surface area contributed by atoms with Gasteiger partial charge in [0.25, 0.3) is 0 Å². The van der Waals surface area contributed by atoms with Crippen LogP contribution in [0.5, 0.6) is 0 Å². The van der Waals surface area contributed by atoms with Gasteiger partial charge in [0.2, 0.25) is 0 Å². The van der Waals surface area contributed by atoms with Gasteiger partial charge in [0, 0.05) is 44.0 Å². The van der Waals surface area contributed by atoms with Crippen LogP contribution in [-0.2, 0) is 30.2 Å². The van der Waals surface area contributed by atoms with E-state index in [1.807, 2.05) is 33.6 Å². The first-order valence-corrected chi connectivity index (χ1v) is 18.3. The molecule has 1 aromatic carbocycles. The second-order valence-corrected chi connectivity index (χ2v) is 18.2. The van der Waals surface area contributed by atoms with Crippen molar-refractivity contribution in [1.29, 1.82) is 0 Å². The highest BCUT2D eigenvalue weighted by Crippen LogP contribution is 2.38. The maximum absolute atomic E-state index is 13.3. The van der Waals surface area contributed by atoms with Crippen LogP contribution < -0.4 is 4.90 Å². The Morgan fingerprint density at radius 2 is 1.80 bits per heavy atom. The summed E-state index contributed by atoms with van der Waals surface area (Å²) in [6.45, 7) is 18.3. The molecule has 3 aromatic heterocycles. The summed E-state index contributed by atoms with van der Waals surface area (Å²) in [5.74, 6) is 1.30. The number of fused-ring (bicyclic) bond motifs is 1. The van der Waals surface area contributed by atoms with Crippen molar-refractivity contribution in [2.24, 2.45) is 0 Å². The number of halogens is 4. The fourth-order valence-corrected chi connectivity index (χ4v) is 6.48. The van der Waals surface area contributed by atoms with Crippen molar-refractivity contribution in [2.45, 2.75) is 91.0 Å². The molecule has 0 fully saturated rings. The first-order chi connectivity index (χ1) is 20.6. The molecule has 5 rings (SSSR count). The summed E-state index contributed by atoms with van der Waals surface area (Å²) in [7, 11) is -1.93. The van der Waals surface area contributed by atoms with Gasteiger partial charge in [-0.2, -0.15) is 23.4 Å². The fraction of sp³-hybridized carbons (Fsp3) is 0.516. The lowest BCUT2D eigenvalue weighted by atomic mass is 10.1. The number of rotatable bonds is 9. The van der Waals surface area contributed by atoms with Gasteiger partial charge < -0.3 is 13.9 Å². The summed E-state index contributed by atoms with van der Waals surface area (Å²) in [5.41, 5.74) is 2.33. The average molecular weight is 648 g/mol. The Bertz CT molecular complexity index is 1600. The molecule has 13 heteroatoms. The lowest BCUT2D eigenvalue weighted by Crippen LogP contribution is -2.42. The van der Waals surface area contributed by atoms with Crippen molar-refractivity contribution in [3.05, 3.63) is 59.0 Å². The molecule has 0 spiro atoms. The van der Waals surface area contributed by atoms with E-state index >= 15 is 0 Å². The van der Waals surface area contributed by atoms with Crippen molar-refractivity contribution in [2.75, 3.05) is 18.1 Å². The Hall–Kier alpha value is -3.09. The molecule has 1 unspecified atom stereocenters. The molecule has 0 aliphatic carbocycles. The summed E-state index contributed by atoms with van der Waals surface area (Å²) in [6.07, 6.45) is -0.817. The van der Waals surface area contributed by atoms with Crippen LogP contribution in [-0.4, -0.2) is 50.6 Å². The van der Waals surface area contributed by atoms with E-state index in [2.05, 4.69) is 61.8 Å². The molecule has 0 N–H and O–H groups in total. The molecule has 0 saturated heterocycles. The summed E-state index contributed by atoms with van der Waals surface area (Å²) in [4.78, 5) is 6.14. The maximum atomic E-state index is 13.3. The molecule has 0 radical (unpaired) electrons. The Labute approximate surface area is 262 Å². The maximum Gasteiger partial charge on any atom is 0.434 e. The minimum atomic E-state index is -4.48. The monoisotopic (exact) mass is 647 g/mol. The first kappa shape index (κ1) is 32.3. The van der Waals surface area contributed by atoms with Crippen molar-refractivity contribution < 1.29 is 17.6 Å². The highest BCUT2D eigenvalue weighted by atomic mass is 35.5. The first-order valence-electron chi connectivity index (χ1n) is 15.0. The zero-order valence-corrected chi connectivity index (χ0v) is 28.2. The van der Waals surface area contributed by atoms with Gasteiger partial charge in [-0.1, -0.05) is 56.6 Å². The third-order valence-corrected chi connectivity index (χ3v) is 13.6. The van der Waals surface area contributed by atoms with E-state index in [4.69, 9.17) is 21.1 Å². The Morgan fingerprint density at radius 3 is 2.43 bits per heavy atom. The zero-order valence-electron chi connectivity index (χ0n) is 26.4. The molecule has 0 bridgehead atoms. The van der Waals surface area contributed by atoms with Gasteiger partial charge >= 0.3 is 6.18 Å². The number of aryl methyl sites for hydroxylation is 2. The van der Waals surface area contributed by atoms with Gasteiger partial charge in [-0.25, -0.2) is 9.67 Å². The van der Waals surface area contributed by atoms with E-state index < -0.39 is 20.2 Å². The predicted molar refractivity (Wildman–Crippen MR) is 170 cm³/mol. The lowest BCUT2D eigenvalue weighted by molar-refractivity contribution is -0.140. The number of alkyl halides is 3. The van der Waals surface area contributed by atoms with Crippen molar-refractivity contribution in [1.82, 2.24) is 29.1 Å². The zero-order chi connectivity index (χ0) is 32.0. The summed E-state index contributed by atoms with van der Waals surface area (Å²) >= 11 is 6.68. The van der Waals surface area contributed by atoms with E-state index in [9.17, 15) is 13.2 Å². The molecule has 1 atom stereocenters. The highest BCUT2D eigenvalue weighted by molar-refractivity contribution is 6.74. The van der Waals surface area contributed by atoms with E-state index in [1.165, 1.54) is 4.57 Å². The van der Waals surface area contributed by atoms with Crippen LogP contribution in [0.1, 0.15) is 58.3 Å². The molecule has 44 heavy (non-hydrogen) atoms. The standard InChI is InChI=1S/C31H41ClF3N7OSi/c1-8-39-19-26(31(33,34)35)37-29(39)23-12-10-22(11-13-23)18-40-14-9-15-41-27(40)16-25(38-41)28-24(32)17-36-42(28)21(2)20-43-44(6,7)30(3,4)5/h10-13,16-17,19,21H,8-9,14-15,18,20H2,1-7H3. The molecular weight excluding hydrogens is 607 g/mol. The van der Waals surface area contributed by atoms with Gasteiger partial charge in [0.1, 0.15) is 23.0 Å². The Balaban J connectivity index is 1.35. The van der Waals surface area contributed by atoms with Gasteiger partial charge in [-0.05, 0) is 44.0 Å². The minimum absolute atomic E-state index is 0.0320. The summed E-state index contributed by atoms with van der Waals surface area (Å²) in [5, 5.41) is 10.2. The lowest BCUT2D eigenvalue weighted by Gasteiger charge is -2.37. The SMILES string of the molecule is CCn1cc(C(F)(F)F)nc1-c1ccc(CN2CCCn3nc(-c4c(Cl)cnn4C(C)CO[Si](C)(C)C(C)(C)C)cc32)cc1. The van der Waals surface area contributed by atoms with E-state index in [0.29, 0.717) is 36.1 Å². The number of benzene rings is 1. The van der Waals surface area contributed by atoms with Crippen LogP contribution in [0.2, 0.25) is 23.2 Å². The molecule has 1 aliphatic rings. The fourth-order valence-electron chi connectivity index (χ4n) is 5.16. The van der Waals surface area contributed by atoms with Gasteiger partial charge in [-0.15, -0.1) is 0 Å². The highest BCUT2D eigenvalue weighted by Gasteiger charge is 2.38. The number of nitrogens with zero attached hydrogens (tertiary/aromatic N) is 7. The van der Waals surface area contributed by atoms with Crippen LogP contribution >= 0.6 is 11.6 Å². The Kier molecular flexibility index (Phi) is 8.82. The molecule has 4 aromatic rings. The molecular formula is C31H41ClF3N7OSi. The van der Waals surface area contributed by atoms with Crippen LogP contribution in [0, 0.1) is 0 Å². The third kappa shape index (κ3) is 6.48. The quantitative estimate of drug-likeness (QED) is 0.171. The average Bonchev–Trinajstić information content (AvgIpc) is 3.68. The Morgan fingerprint density at radius 1 is 1.09 bits per heavy atom. The second kappa shape index (κ2) is 12.0. The molecule has 0 saturated carbocycles. The summed E-state index contributed by atoms with van der Waals surface area (Å²) < 4.78 is 51.7. The van der Waals surface area contributed by atoms with Crippen LogP contribution in [0.4, 0.5) is 19.0 Å². The number of anilines is 1. The molecule has 1 aliphatic heterocycles. The number of imidazole rings is 1. The van der Waals surface area contributed by atoms with Gasteiger partial charge in [-0.3, -0.25) is 4.68 Å². The normalized spacial score (nSPS) is 15.1. The minimum Gasteiger partial charge on any atom is -0.415 e. The molecule has 0 amide bonds. The molecule has 238 valence electrons. The third-order valence-electron chi connectivity index (χ3n) is 8.78. The number of aromatic nitrogens is 6. The van der Waals surface area contributed by atoms with Gasteiger partial charge in [0.15, 0.2) is 14.0 Å². The largest absolute Gasteiger partial charge is 0.434 e. The van der Waals surface area contributed by atoms with Gasteiger partial charge in [0.05, 0.1) is 23.9 Å².